The van der Waals surface area contributed by atoms with E-state index in [1.54, 1.807) is 18.0 Å². The number of nitrogens with zero attached hydrogens (tertiary/aromatic N) is 4. The van der Waals surface area contributed by atoms with Crippen molar-refractivity contribution < 1.29 is 9.53 Å². The van der Waals surface area contributed by atoms with Gasteiger partial charge in [-0.25, -0.2) is 14.5 Å². The Morgan fingerprint density at radius 1 is 1.12 bits per heavy atom. The van der Waals surface area contributed by atoms with Crippen LogP contribution >= 0.6 is 0 Å². The van der Waals surface area contributed by atoms with E-state index in [9.17, 15) is 4.79 Å². The normalized spacial score (nSPS) is 15.3. The highest BCUT2D eigenvalue weighted by Gasteiger charge is 2.51. The number of carbonyl (C=O) groups excluding carboxylic acids is 1. The van der Waals surface area contributed by atoms with Crippen molar-refractivity contribution in [3.63, 3.8) is 0 Å². The van der Waals surface area contributed by atoms with E-state index >= 15 is 0 Å². The molecule has 0 aliphatic heterocycles. The summed E-state index contributed by atoms with van der Waals surface area (Å²) < 4.78 is 6.85. The van der Waals surface area contributed by atoms with Crippen molar-refractivity contribution in [2.45, 2.75) is 38.1 Å². The molecule has 0 radical (unpaired) electrons. The first-order chi connectivity index (χ1) is 15.5. The highest BCUT2D eigenvalue weighted by Crippen LogP contribution is 2.48. The summed E-state index contributed by atoms with van der Waals surface area (Å²) in [5, 5.41) is 7.64. The van der Waals surface area contributed by atoms with Gasteiger partial charge in [0.1, 0.15) is 12.1 Å². The fourth-order valence-electron chi connectivity index (χ4n) is 3.96. The van der Waals surface area contributed by atoms with Crippen LogP contribution in [0.2, 0.25) is 0 Å². The van der Waals surface area contributed by atoms with E-state index in [0.29, 0.717) is 11.5 Å². The zero-order valence-electron chi connectivity index (χ0n) is 18.4. The predicted octanol–water partition coefficient (Wildman–Crippen LogP) is 4.02. The maximum atomic E-state index is 13.1. The molecule has 1 amide bonds. The molecule has 7 nitrogen and oxygen atoms in total. The van der Waals surface area contributed by atoms with Gasteiger partial charge in [-0.05, 0) is 56.5 Å². The summed E-state index contributed by atoms with van der Waals surface area (Å²) >= 11 is 0. The second-order valence-corrected chi connectivity index (χ2v) is 8.42. The number of rotatable bonds is 6. The van der Waals surface area contributed by atoms with Crippen LogP contribution in [-0.2, 0) is 10.2 Å². The standard InChI is InChI=1S/C25H25N5O2/c1-16-4-8-19(9-5-16)25(12-13-25)24(31)27-17(2)23-28-22-14-21(26-15-30(22)29-23)18-6-10-20(32-3)11-7-18/h4-11,14-15,17H,12-13H2,1-3H3,(H,27,31)/t17-/m0/s1. The van der Waals surface area contributed by atoms with Crippen LogP contribution in [0.25, 0.3) is 16.9 Å². The molecule has 162 valence electrons. The smallest absolute Gasteiger partial charge is 0.231 e. The van der Waals surface area contributed by atoms with Crippen LogP contribution in [-0.4, -0.2) is 32.6 Å². The Hall–Kier alpha value is -3.74. The molecule has 1 fully saturated rings. The molecule has 1 N–H and O–H groups in total. The van der Waals surface area contributed by atoms with Gasteiger partial charge in [0.25, 0.3) is 0 Å². The fraction of sp³-hybridized carbons (Fsp3) is 0.280. The van der Waals surface area contributed by atoms with Crippen molar-refractivity contribution >= 4 is 11.6 Å². The molecule has 0 saturated heterocycles. The molecule has 7 heteroatoms. The first-order valence-electron chi connectivity index (χ1n) is 10.7. The first kappa shape index (κ1) is 20.2. The number of hydrogen-bond donors (Lipinski definition) is 1. The summed E-state index contributed by atoms with van der Waals surface area (Å²) in [5.41, 5.74) is 4.28. The summed E-state index contributed by atoms with van der Waals surface area (Å²) in [6.07, 6.45) is 3.37. The van der Waals surface area contributed by atoms with Crippen LogP contribution in [0.3, 0.4) is 0 Å². The second-order valence-electron chi connectivity index (χ2n) is 8.42. The van der Waals surface area contributed by atoms with Gasteiger partial charge in [0.2, 0.25) is 5.91 Å². The predicted molar refractivity (Wildman–Crippen MR) is 121 cm³/mol. The quantitative estimate of drug-likeness (QED) is 0.503. The topological polar surface area (TPSA) is 81.4 Å². The third-order valence-electron chi connectivity index (χ3n) is 6.16. The monoisotopic (exact) mass is 427 g/mol. The van der Waals surface area contributed by atoms with E-state index in [0.717, 1.165) is 35.4 Å². The zero-order chi connectivity index (χ0) is 22.3. The van der Waals surface area contributed by atoms with Crippen LogP contribution in [0, 0.1) is 6.92 Å². The Labute approximate surface area is 186 Å². The van der Waals surface area contributed by atoms with E-state index in [1.165, 1.54) is 5.56 Å². The lowest BCUT2D eigenvalue weighted by Crippen LogP contribution is -2.36. The SMILES string of the molecule is COc1ccc(-c2cc3nc([C@H](C)NC(=O)C4(c5ccc(C)cc5)CC4)nn3cn2)cc1. The van der Waals surface area contributed by atoms with Gasteiger partial charge in [0, 0.05) is 11.6 Å². The molecule has 1 aliphatic rings. The van der Waals surface area contributed by atoms with Gasteiger partial charge in [-0.15, -0.1) is 5.10 Å². The lowest BCUT2D eigenvalue weighted by molar-refractivity contribution is -0.124. The number of amides is 1. The Morgan fingerprint density at radius 3 is 2.50 bits per heavy atom. The average molecular weight is 428 g/mol. The van der Waals surface area contributed by atoms with Crippen molar-refractivity contribution in [2.75, 3.05) is 7.11 Å². The van der Waals surface area contributed by atoms with Crippen LogP contribution < -0.4 is 10.1 Å². The van der Waals surface area contributed by atoms with Gasteiger partial charge >= 0.3 is 0 Å². The Bertz CT molecular complexity index is 1270. The summed E-state index contributed by atoms with van der Waals surface area (Å²) in [6, 6.07) is 17.5. The van der Waals surface area contributed by atoms with Gasteiger partial charge in [-0.3, -0.25) is 4.79 Å². The van der Waals surface area contributed by atoms with Crippen LogP contribution in [0.5, 0.6) is 5.75 Å². The Morgan fingerprint density at radius 2 is 1.84 bits per heavy atom. The lowest BCUT2D eigenvalue weighted by Gasteiger charge is -2.18. The molecular formula is C25H25N5O2. The number of methoxy groups -OCH3 is 1. The van der Waals surface area contributed by atoms with E-state index in [2.05, 4.69) is 51.6 Å². The molecule has 1 saturated carbocycles. The minimum Gasteiger partial charge on any atom is -0.497 e. The number of aryl methyl sites for hydroxylation is 1. The van der Waals surface area contributed by atoms with Crippen LogP contribution in [0.15, 0.2) is 60.9 Å². The molecule has 1 atom stereocenters. The Kier molecular flexibility index (Phi) is 4.89. The zero-order valence-corrected chi connectivity index (χ0v) is 18.4. The average Bonchev–Trinajstić information content (AvgIpc) is 3.51. The number of benzene rings is 2. The largest absolute Gasteiger partial charge is 0.497 e. The van der Waals surface area contributed by atoms with Gasteiger partial charge in [-0.1, -0.05) is 29.8 Å². The van der Waals surface area contributed by atoms with E-state index in [1.807, 2.05) is 37.3 Å². The number of carbonyl (C=O) groups is 1. The molecule has 2 heterocycles. The van der Waals surface area contributed by atoms with E-state index < -0.39 is 5.41 Å². The number of hydrogen-bond acceptors (Lipinski definition) is 5. The summed E-state index contributed by atoms with van der Waals surface area (Å²) in [5.74, 6) is 1.39. The minimum absolute atomic E-state index is 0.0322. The summed E-state index contributed by atoms with van der Waals surface area (Å²) in [4.78, 5) is 22.2. The second kappa shape index (κ2) is 7.75. The third kappa shape index (κ3) is 3.60. The molecule has 4 aromatic rings. The highest BCUT2D eigenvalue weighted by molar-refractivity contribution is 5.91. The molecule has 0 unspecified atom stereocenters. The van der Waals surface area contributed by atoms with Gasteiger partial charge in [0.05, 0.1) is 24.3 Å². The number of ether oxygens (including phenoxy) is 1. The number of aromatic nitrogens is 4. The fourth-order valence-corrected chi connectivity index (χ4v) is 3.96. The van der Waals surface area contributed by atoms with Crippen molar-refractivity contribution in [3.8, 4) is 17.0 Å². The molecule has 32 heavy (non-hydrogen) atoms. The molecule has 5 rings (SSSR count). The molecule has 2 aromatic carbocycles. The maximum absolute atomic E-state index is 13.1. The summed E-state index contributed by atoms with van der Waals surface area (Å²) in [6.45, 7) is 3.96. The van der Waals surface area contributed by atoms with E-state index in [4.69, 9.17) is 4.74 Å². The maximum Gasteiger partial charge on any atom is 0.231 e. The first-order valence-corrected chi connectivity index (χ1v) is 10.7. The van der Waals surface area contributed by atoms with Crippen LogP contribution in [0.1, 0.15) is 42.8 Å². The molecule has 0 bridgehead atoms. The summed E-state index contributed by atoms with van der Waals surface area (Å²) in [7, 11) is 1.64. The van der Waals surface area contributed by atoms with Gasteiger partial charge in [-0.2, -0.15) is 0 Å². The number of fused-ring (bicyclic) bond motifs is 1. The van der Waals surface area contributed by atoms with Crippen LogP contribution in [0.4, 0.5) is 0 Å². The van der Waals surface area contributed by atoms with Crippen molar-refractivity contribution in [2.24, 2.45) is 0 Å². The van der Waals surface area contributed by atoms with E-state index in [-0.39, 0.29) is 11.9 Å². The molecule has 2 aromatic heterocycles. The Balaban J connectivity index is 1.35. The number of nitrogens with one attached hydrogen (secondary N) is 1. The highest BCUT2D eigenvalue weighted by atomic mass is 16.5. The van der Waals surface area contributed by atoms with Crippen molar-refractivity contribution in [3.05, 3.63) is 77.9 Å². The van der Waals surface area contributed by atoms with Gasteiger partial charge in [0.15, 0.2) is 11.5 Å². The van der Waals surface area contributed by atoms with Crippen molar-refractivity contribution in [1.82, 2.24) is 24.9 Å². The molecule has 1 aliphatic carbocycles. The lowest BCUT2D eigenvalue weighted by atomic mass is 9.94. The van der Waals surface area contributed by atoms with Gasteiger partial charge < -0.3 is 10.1 Å². The minimum atomic E-state index is -0.426. The third-order valence-corrected chi connectivity index (χ3v) is 6.16. The van der Waals surface area contributed by atoms with Crippen molar-refractivity contribution in [1.29, 1.82) is 0 Å². The molecular weight excluding hydrogens is 402 g/mol. The molecule has 0 spiro atoms.